The lowest BCUT2D eigenvalue weighted by Gasteiger charge is -2.24. The van der Waals surface area contributed by atoms with E-state index in [2.05, 4.69) is 10.2 Å². The van der Waals surface area contributed by atoms with Gasteiger partial charge in [-0.2, -0.15) is 5.10 Å². The number of likely N-dealkylation sites (tertiary alicyclic amines) is 1. The highest BCUT2D eigenvalue weighted by molar-refractivity contribution is 7.89. The highest BCUT2D eigenvalue weighted by atomic mass is 32.2. The molecule has 1 aliphatic rings. The molecule has 118 valence electrons. The van der Waals surface area contributed by atoms with Crippen LogP contribution in [0.1, 0.15) is 18.4 Å². The monoisotopic (exact) mass is 322 g/mol. The first-order valence-corrected chi connectivity index (χ1v) is 8.86. The fourth-order valence-corrected chi connectivity index (χ4v) is 3.86. The van der Waals surface area contributed by atoms with E-state index in [9.17, 15) is 13.2 Å². The summed E-state index contributed by atoms with van der Waals surface area (Å²) < 4.78 is 22.5. The fraction of sp³-hybridized carbons (Fsp3) is 0.429. The maximum absolute atomic E-state index is 12.4. The Labute approximate surface area is 128 Å². The van der Waals surface area contributed by atoms with Gasteiger partial charge in [-0.05, 0) is 24.5 Å². The summed E-state index contributed by atoms with van der Waals surface area (Å²) >= 11 is 0. The van der Waals surface area contributed by atoms with Crippen LogP contribution < -0.4 is 5.14 Å². The second kappa shape index (κ2) is 5.69. The highest BCUT2D eigenvalue weighted by Crippen LogP contribution is 2.20. The summed E-state index contributed by atoms with van der Waals surface area (Å²) in [5, 5.41) is 12.9. The van der Waals surface area contributed by atoms with Gasteiger partial charge >= 0.3 is 0 Å². The lowest BCUT2D eigenvalue weighted by Crippen LogP contribution is -2.41. The van der Waals surface area contributed by atoms with Crippen molar-refractivity contribution in [1.82, 2.24) is 15.1 Å². The molecule has 22 heavy (non-hydrogen) atoms. The van der Waals surface area contributed by atoms with Gasteiger partial charge in [0.15, 0.2) is 0 Å². The molecule has 0 aliphatic carbocycles. The molecule has 2 aromatic rings. The molecule has 3 rings (SSSR count). The summed E-state index contributed by atoms with van der Waals surface area (Å²) in [7, 11) is -3.58. The van der Waals surface area contributed by atoms with Crippen molar-refractivity contribution >= 4 is 26.8 Å². The summed E-state index contributed by atoms with van der Waals surface area (Å²) in [4.78, 5) is 14.1. The number of amides is 1. The molecule has 8 heteroatoms. The van der Waals surface area contributed by atoms with Gasteiger partial charge < -0.3 is 4.90 Å². The van der Waals surface area contributed by atoms with Crippen molar-refractivity contribution in [3.05, 3.63) is 30.0 Å². The lowest BCUT2D eigenvalue weighted by atomic mass is 10.1. The van der Waals surface area contributed by atoms with Crippen LogP contribution in [0.25, 0.3) is 10.9 Å². The second-order valence-electron chi connectivity index (χ2n) is 5.68. The third-order valence-corrected chi connectivity index (χ3v) is 4.83. The third-order valence-electron chi connectivity index (χ3n) is 3.98. The van der Waals surface area contributed by atoms with Crippen LogP contribution in [0.15, 0.2) is 24.4 Å². The number of sulfonamides is 1. The van der Waals surface area contributed by atoms with Gasteiger partial charge in [0.25, 0.3) is 0 Å². The first-order chi connectivity index (χ1) is 10.4. The SMILES string of the molecule is NS(=O)(=O)CC1CCCN1C(=O)Cc1ccc2cn[nH]c2c1. The van der Waals surface area contributed by atoms with Crippen LogP contribution in [0.4, 0.5) is 0 Å². The number of primary sulfonamides is 1. The topological polar surface area (TPSA) is 109 Å². The van der Waals surface area contributed by atoms with Crippen LogP contribution in [0.5, 0.6) is 0 Å². The molecule has 1 aromatic carbocycles. The Bertz CT molecular complexity index is 799. The number of benzene rings is 1. The fourth-order valence-electron chi connectivity index (χ4n) is 2.98. The van der Waals surface area contributed by atoms with Crippen LogP contribution in [0.2, 0.25) is 0 Å². The molecule has 7 nitrogen and oxygen atoms in total. The molecule has 3 N–H and O–H groups in total. The number of hydrogen-bond donors (Lipinski definition) is 2. The molecule has 0 radical (unpaired) electrons. The largest absolute Gasteiger partial charge is 0.338 e. The number of carbonyl (C=O) groups excluding carboxylic acids is 1. The number of H-pyrrole nitrogens is 1. The Morgan fingerprint density at radius 1 is 1.45 bits per heavy atom. The zero-order chi connectivity index (χ0) is 15.7. The molecule has 1 atom stereocenters. The van der Waals surface area contributed by atoms with Gasteiger partial charge in [-0.3, -0.25) is 9.89 Å². The summed E-state index contributed by atoms with van der Waals surface area (Å²) in [5.74, 6) is -0.233. The highest BCUT2D eigenvalue weighted by Gasteiger charge is 2.31. The number of rotatable bonds is 4. The zero-order valence-corrected chi connectivity index (χ0v) is 12.8. The summed E-state index contributed by atoms with van der Waals surface area (Å²) in [6.07, 6.45) is 3.47. The van der Waals surface area contributed by atoms with Crippen LogP contribution in [-0.4, -0.2) is 47.8 Å². The standard InChI is InChI=1S/C14H18N4O3S/c15-22(20,21)9-12-2-1-5-18(12)14(19)7-10-3-4-11-8-16-17-13(11)6-10/h3-4,6,8,12H,1-2,5,7,9H2,(H,16,17)(H2,15,20,21). The summed E-state index contributed by atoms with van der Waals surface area (Å²) in [5.41, 5.74) is 1.76. The van der Waals surface area contributed by atoms with E-state index < -0.39 is 10.0 Å². The summed E-state index contributed by atoms with van der Waals surface area (Å²) in [6.45, 7) is 0.589. The molecular formula is C14H18N4O3S. The van der Waals surface area contributed by atoms with E-state index in [0.29, 0.717) is 13.0 Å². The van der Waals surface area contributed by atoms with Crippen molar-refractivity contribution in [1.29, 1.82) is 0 Å². The molecule has 2 heterocycles. The minimum absolute atomic E-state index is 0.0648. The maximum Gasteiger partial charge on any atom is 0.227 e. The quantitative estimate of drug-likeness (QED) is 0.848. The van der Waals surface area contributed by atoms with Gasteiger partial charge in [0.05, 0.1) is 23.9 Å². The van der Waals surface area contributed by atoms with E-state index in [4.69, 9.17) is 5.14 Å². The second-order valence-corrected chi connectivity index (χ2v) is 7.34. The third kappa shape index (κ3) is 3.28. The Balaban J connectivity index is 1.72. The predicted octanol–water partition coefficient (Wildman–Crippen LogP) is 0.385. The normalized spacial score (nSPS) is 19.0. The molecule has 1 aliphatic heterocycles. The Morgan fingerprint density at radius 2 is 2.27 bits per heavy atom. The molecular weight excluding hydrogens is 304 g/mol. The minimum atomic E-state index is -3.58. The number of nitrogens with one attached hydrogen (secondary N) is 1. The molecule has 1 saturated heterocycles. The van der Waals surface area contributed by atoms with Crippen molar-refractivity contribution < 1.29 is 13.2 Å². The lowest BCUT2D eigenvalue weighted by molar-refractivity contribution is -0.130. The number of carbonyl (C=O) groups is 1. The number of fused-ring (bicyclic) bond motifs is 1. The van der Waals surface area contributed by atoms with Gasteiger partial charge in [-0.25, -0.2) is 13.6 Å². The van der Waals surface area contributed by atoms with Gasteiger partial charge in [0, 0.05) is 18.0 Å². The maximum atomic E-state index is 12.4. The minimum Gasteiger partial charge on any atom is -0.338 e. The van der Waals surface area contributed by atoms with E-state index >= 15 is 0 Å². The zero-order valence-electron chi connectivity index (χ0n) is 12.0. The van der Waals surface area contributed by atoms with Crippen molar-refractivity contribution in [3.8, 4) is 0 Å². The molecule has 1 aromatic heterocycles. The van der Waals surface area contributed by atoms with Crippen LogP contribution in [-0.2, 0) is 21.2 Å². The van der Waals surface area contributed by atoms with Crippen LogP contribution in [0.3, 0.4) is 0 Å². The first kappa shape index (κ1) is 15.0. The number of nitrogens with zero attached hydrogens (tertiary/aromatic N) is 2. The number of nitrogens with two attached hydrogens (primary N) is 1. The van der Waals surface area contributed by atoms with E-state index in [-0.39, 0.29) is 24.1 Å². The number of aromatic nitrogens is 2. The van der Waals surface area contributed by atoms with Crippen LogP contribution >= 0.6 is 0 Å². The van der Waals surface area contributed by atoms with Gasteiger partial charge in [-0.1, -0.05) is 12.1 Å². The van der Waals surface area contributed by atoms with E-state index in [1.165, 1.54) is 0 Å². The first-order valence-electron chi connectivity index (χ1n) is 7.14. The van der Waals surface area contributed by atoms with Crippen molar-refractivity contribution in [2.45, 2.75) is 25.3 Å². The van der Waals surface area contributed by atoms with Crippen molar-refractivity contribution in [3.63, 3.8) is 0 Å². The van der Waals surface area contributed by atoms with Crippen LogP contribution in [0, 0.1) is 0 Å². The van der Waals surface area contributed by atoms with E-state index in [0.717, 1.165) is 22.9 Å². The summed E-state index contributed by atoms with van der Waals surface area (Å²) in [6, 6.07) is 5.39. The van der Waals surface area contributed by atoms with Crippen molar-refractivity contribution in [2.75, 3.05) is 12.3 Å². The average Bonchev–Trinajstić information content (AvgIpc) is 3.04. The smallest absolute Gasteiger partial charge is 0.227 e. The molecule has 0 bridgehead atoms. The predicted molar refractivity (Wildman–Crippen MR) is 82.5 cm³/mol. The van der Waals surface area contributed by atoms with Gasteiger partial charge in [0.2, 0.25) is 15.9 Å². The Kier molecular flexibility index (Phi) is 3.88. The number of aromatic amines is 1. The molecule has 0 spiro atoms. The molecule has 1 amide bonds. The van der Waals surface area contributed by atoms with Gasteiger partial charge in [-0.15, -0.1) is 0 Å². The molecule has 1 unspecified atom stereocenters. The van der Waals surface area contributed by atoms with E-state index in [1.54, 1.807) is 11.1 Å². The average molecular weight is 322 g/mol. The van der Waals surface area contributed by atoms with Crippen molar-refractivity contribution in [2.24, 2.45) is 5.14 Å². The van der Waals surface area contributed by atoms with E-state index in [1.807, 2.05) is 18.2 Å². The molecule has 1 fully saturated rings. The van der Waals surface area contributed by atoms with Gasteiger partial charge in [0.1, 0.15) is 0 Å². The Hall–Kier alpha value is -1.93. The number of hydrogen-bond acceptors (Lipinski definition) is 4. The molecule has 0 saturated carbocycles. The Morgan fingerprint density at radius 3 is 3.05 bits per heavy atom.